The van der Waals surface area contributed by atoms with Crippen LogP contribution in [0, 0.1) is 0 Å². The van der Waals surface area contributed by atoms with Gasteiger partial charge in [-0.05, 0) is 56.0 Å². The topological polar surface area (TPSA) is 64.1 Å². The van der Waals surface area contributed by atoms with Crippen LogP contribution in [0.15, 0.2) is 42.6 Å². The molecule has 2 aromatic heterocycles. The molecule has 31 heavy (non-hydrogen) atoms. The van der Waals surface area contributed by atoms with E-state index in [1.807, 2.05) is 0 Å². The van der Waals surface area contributed by atoms with Gasteiger partial charge in [-0.25, -0.2) is 4.98 Å². The Labute approximate surface area is 181 Å². The summed E-state index contributed by atoms with van der Waals surface area (Å²) in [7, 11) is 0. The Morgan fingerprint density at radius 1 is 1.19 bits per heavy atom. The number of nitrogens with zero attached hydrogens (tertiary/aromatic N) is 2. The maximum absolute atomic E-state index is 13.8. The number of halogens is 4. The lowest BCUT2D eigenvalue weighted by molar-refractivity contribution is -0.136. The van der Waals surface area contributed by atoms with Crippen LogP contribution in [0.3, 0.4) is 0 Å². The number of alkyl halides is 3. The molecule has 0 atom stereocenters. The highest BCUT2D eigenvalue weighted by Gasteiger charge is 2.35. The van der Waals surface area contributed by atoms with Gasteiger partial charge in [-0.1, -0.05) is 17.7 Å². The number of nitrogens with one attached hydrogen (secondary N) is 1. The third-order valence-corrected chi connectivity index (χ3v) is 5.45. The van der Waals surface area contributed by atoms with Crippen molar-refractivity contribution >= 4 is 28.4 Å². The molecular formula is C22H19ClF3N3O2. The molecule has 0 spiro atoms. The molecule has 5 nitrogen and oxygen atoms in total. The third-order valence-electron chi connectivity index (χ3n) is 5.14. The van der Waals surface area contributed by atoms with Crippen molar-refractivity contribution in [2.75, 3.05) is 0 Å². The van der Waals surface area contributed by atoms with E-state index < -0.39 is 17.6 Å². The first-order valence-corrected chi connectivity index (χ1v) is 10.3. The second-order valence-electron chi connectivity index (χ2n) is 7.38. The molecule has 4 rings (SSSR count). The van der Waals surface area contributed by atoms with E-state index in [4.69, 9.17) is 16.3 Å². The Bertz CT molecular complexity index is 1100. The summed E-state index contributed by atoms with van der Waals surface area (Å²) in [4.78, 5) is 20.6. The lowest BCUT2D eigenvalue weighted by Crippen LogP contribution is -2.24. The summed E-state index contributed by atoms with van der Waals surface area (Å²) < 4.78 is 47.2. The van der Waals surface area contributed by atoms with Gasteiger partial charge in [0.05, 0.1) is 34.4 Å². The van der Waals surface area contributed by atoms with Crippen LogP contribution in [0.25, 0.3) is 10.9 Å². The first kappa shape index (κ1) is 21.4. The number of carbonyl (C=O) groups excluding carboxylic acids is 1. The number of amides is 1. The normalized spacial score (nSPS) is 14.7. The van der Waals surface area contributed by atoms with E-state index in [1.165, 1.54) is 12.1 Å². The molecule has 1 aromatic carbocycles. The van der Waals surface area contributed by atoms with Crippen molar-refractivity contribution in [3.05, 3.63) is 64.6 Å². The number of benzene rings is 1. The Kier molecular flexibility index (Phi) is 6.00. The minimum absolute atomic E-state index is 0.00430. The smallest absolute Gasteiger partial charge is 0.418 e. The zero-order chi connectivity index (χ0) is 22.0. The molecule has 2 heterocycles. The van der Waals surface area contributed by atoms with Gasteiger partial charge in [0, 0.05) is 11.6 Å². The Morgan fingerprint density at radius 3 is 2.65 bits per heavy atom. The van der Waals surface area contributed by atoms with Crippen LogP contribution < -0.4 is 10.1 Å². The van der Waals surface area contributed by atoms with Crippen molar-refractivity contribution in [3.8, 4) is 5.75 Å². The third kappa shape index (κ3) is 4.90. The van der Waals surface area contributed by atoms with E-state index in [9.17, 15) is 18.0 Å². The fourth-order valence-electron chi connectivity index (χ4n) is 3.62. The average molecular weight is 450 g/mol. The molecule has 1 aliphatic rings. The van der Waals surface area contributed by atoms with Crippen molar-refractivity contribution in [3.63, 3.8) is 0 Å². The summed E-state index contributed by atoms with van der Waals surface area (Å²) in [5.41, 5.74) is -0.975. The van der Waals surface area contributed by atoms with Gasteiger partial charge in [0.15, 0.2) is 0 Å². The highest BCUT2D eigenvalue weighted by molar-refractivity contribution is 6.35. The van der Waals surface area contributed by atoms with Crippen LogP contribution in [-0.4, -0.2) is 22.0 Å². The second-order valence-corrected chi connectivity index (χ2v) is 7.79. The maximum atomic E-state index is 13.8. The molecule has 162 valence electrons. The van der Waals surface area contributed by atoms with Gasteiger partial charge >= 0.3 is 6.18 Å². The van der Waals surface area contributed by atoms with Gasteiger partial charge in [-0.3, -0.25) is 9.78 Å². The second kappa shape index (κ2) is 8.70. The van der Waals surface area contributed by atoms with E-state index in [1.54, 1.807) is 24.4 Å². The number of hydrogen-bond donors (Lipinski definition) is 1. The molecular weight excluding hydrogens is 431 g/mol. The Hall–Kier alpha value is -2.87. The van der Waals surface area contributed by atoms with E-state index in [0.29, 0.717) is 5.69 Å². The molecule has 9 heteroatoms. The molecule has 0 saturated heterocycles. The van der Waals surface area contributed by atoms with Crippen LogP contribution in [0.5, 0.6) is 5.75 Å². The van der Waals surface area contributed by atoms with E-state index >= 15 is 0 Å². The Balaban J connectivity index is 1.68. The van der Waals surface area contributed by atoms with Gasteiger partial charge in [0.25, 0.3) is 5.91 Å². The Morgan fingerprint density at radius 2 is 1.97 bits per heavy atom. The van der Waals surface area contributed by atoms with Crippen LogP contribution in [0.2, 0.25) is 5.02 Å². The molecule has 0 radical (unpaired) electrons. The molecule has 0 aliphatic heterocycles. The molecule has 1 N–H and O–H groups in total. The number of fused-ring (bicyclic) bond motifs is 1. The average Bonchev–Trinajstić information content (AvgIpc) is 3.25. The van der Waals surface area contributed by atoms with Crippen LogP contribution in [0.4, 0.5) is 13.2 Å². The lowest BCUT2D eigenvalue weighted by Gasteiger charge is -2.17. The molecule has 0 bridgehead atoms. The maximum Gasteiger partial charge on any atom is 0.418 e. The first-order chi connectivity index (χ1) is 14.8. The highest BCUT2D eigenvalue weighted by atomic mass is 35.5. The van der Waals surface area contributed by atoms with Crippen molar-refractivity contribution in [2.24, 2.45) is 0 Å². The van der Waals surface area contributed by atoms with Gasteiger partial charge < -0.3 is 10.1 Å². The van der Waals surface area contributed by atoms with Gasteiger partial charge in [-0.15, -0.1) is 0 Å². The fourth-order valence-corrected chi connectivity index (χ4v) is 3.87. The van der Waals surface area contributed by atoms with Crippen LogP contribution >= 0.6 is 11.6 Å². The summed E-state index contributed by atoms with van der Waals surface area (Å²) in [6.45, 7) is 0.108. The van der Waals surface area contributed by atoms with E-state index in [0.717, 1.165) is 31.7 Å². The monoisotopic (exact) mass is 449 g/mol. The standard InChI is InChI=1S/C22H19ClF3N3O2/c23-18-11-19(21(30)28-12-13-5-3-4-8-27-13)29-20-16(18)9-15(10-17(20)22(24,25)26)31-14-6-1-2-7-14/h3-5,8-11,14H,1-2,6-7,12H2,(H,28,30). The number of pyridine rings is 2. The molecule has 1 aliphatic carbocycles. The predicted octanol–water partition coefficient (Wildman–Crippen LogP) is 5.55. The molecule has 0 unspecified atom stereocenters. The first-order valence-electron chi connectivity index (χ1n) is 9.87. The summed E-state index contributed by atoms with van der Waals surface area (Å²) >= 11 is 6.28. The van der Waals surface area contributed by atoms with Gasteiger partial charge in [-0.2, -0.15) is 13.2 Å². The predicted molar refractivity (Wildman–Crippen MR) is 110 cm³/mol. The zero-order valence-electron chi connectivity index (χ0n) is 16.4. The van der Waals surface area contributed by atoms with Crippen molar-refractivity contribution in [1.82, 2.24) is 15.3 Å². The van der Waals surface area contributed by atoms with Gasteiger partial charge in [0.2, 0.25) is 0 Å². The molecule has 3 aromatic rings. The fraction of sp³-hybridized carbons (Fsp3) is 0.318. The van der Waals surface area contributed by atoms with E-state index in [-0.39, 0.29) is 40.0 Å². The minimum atomic E-state index is -4.69. The lowest BCUT2D eigenvalue weighted by atomic mass is 10.1. The van der Waals surface area contributed by atoms with Crippen molar-refractivity contribution < 1.29 is 22.7 Å². The number of rotatable bonds is 5. The molecule has 1 saturated carbocycles. The summed E-state index contributed by atoms with van der Waals surface area (Å²) in [6, 6.07) is 8.86. The highest BCUT2D eigenvalue weighted by Crippen LogP contribution is 2.40. The largest absolute Gasteiger partial charge is 0.490 e. The molecule has 1 amide bonds. The SMILES string of the molecule is O=C(NCc1ccccn1)c1cc(Cl)c2cc(OC3CCCC3)cc(C(F)(F)F)c2n1. The number of aromatic nitrogens is 2. The van der Waals surface area contributed by atoms with Gasteiger partial charge in [0.1, 0.15) is 11.4 Å². The van der Waals surface area contributed by atoms with Crippen LogP contribution in [0.1, 0.15) is 47.4 Å². The summed E-state index contributed by atoms with van der Waals surface area (Å²) in [5, 5.41) is 2.68. The number of hydrogen-bond acceptors (Lipinski definition) is 4. The quantitative estimate of drug-likeness (QED) is 0.554. The summed E-state index contributed by atoms with van der Waals surface area (Å²) in [5.74, 6) is -0.545. The number of carbonyl (C=O) groups is 1. The van der Waals surface area contributed by atoms with Crippen molar-refractivity contribution in [2.45, 2.75) is 44.5 Å². The van der Waals surface area contributed by atoms with E-state index in [2.05, 4.69) is 15.3 Å². The number of ether oxygens (including phenoxy) is 1. The minimum Gasteiger partial charge on any atom is -0.490 e. The summed E-state index contributed by atoms with van der Waals surface area (Å²) in [6.07, 6.45) is 0.372. The zero-order valence-corrected chi connectivity index (χ0v) is 17.1. The molecule has 1 fully saturated rings. The van der Waals surface area contributed by atoms with Crippen molar-refractivity contribution in [1.29, 1.82) is 0 Å². The van der Waals surface area contributed by atoms with Crippen LogP contribution in [-0.2, 0) is 12.7 Å².